The Labute approximate surface area is 114 Å². The Morgan fingerprint density at radius 2 is 2.17 bits per heavy atom. The second-order valence-corrected chi connectivity index (χ2v) is 4.79. The van der Waals surface area contributed by atoms with Crippen molar-refractivity contribution in [2.45, 2.75) is 13.3 Å². The van der Waals surface area contributed by atoms with Gasteiger partial charge in [-0.3, -0.25) is 14.9 Å². The van der Waals surface area contributed by atoms with Crippen LogP contribution in [0.4, 0.5) is 5.69 Å². The van der Waals surface area contributed by atoms with Crippen molar-refractivity contribution >= 4 is 27.5 Å². The van der Waals surface area contributed by atoms with E-state index in [1.807, 2.05) is 0 Å². The molecule has 5 nitrogen and oxygen atoms in total. The Morgan fingerprint density at radius 1 is 1.50 bits per heavy atom. The quantitative estimate of drug-likeness (QED) is 0.477. The van der Waals surface area contributed by atoms with E-state index in [0.29, 0.717) is 12.1 Å². The van der Waals surface area contributed by atoms with Crippen LogP contribution in [0.15, 0.2) is 18.2 Å². The molecule has 6 heteroatoms. The zero-order valence-corrected chi connectivity index (χ0v) is 11.9. The summed E-state index contributed by atoms with van der Waals surface area (Å²) < 4.78 is 0. The van der Waals surface area contributed by atoms with E-state index in [1.54, 1.807) is 26.1 Å². The van der Waals surface area contributed by atoms with Gasteiger partial charge in [-0.1, -0.05) is 28.1 Å². The summed E-state index contributed by atoms with van der Waals surface area (Å²) in [6.45, 7) is 2.27. The lowest BCUT2D eigenvalue weighted by Crippen LogP contribution is -2.29. The van der Waals surface area contributed by atoms with E-state index in [4.69, 9.17) is 0 Å². The minimum atomic E-state index is -0.515. The van der Waals surface area contributed by atoms with Crippen LogP contribution >= 0.6 is 15.9 Å². The van der Waals surface area contributed by atoms with Gasteiger partial charge in [-0.05, 0) is 18.9 Å². The van der Waals surface area contributed by atoms with Crippen LogP contribution < -0.4 is 0 Å². The fourth-order valence-corrected chi connectivity index (χ4v) is 1.92. The molecule has 0 saturated carbocycles. The van der Waals surface area contributed by atoms with Crippen molar-refractivity contribution in [1.29, 1.82) is 0 Å². The molecule has 0 aliphatic carbocycles. The molecule has 98 valence electrons. The Bertz CT molecular complexity index is 463. The van der Waals surface area contributed by atoms with Gasteiger partial charge in [0.1, 0.15) is 5.56 Å². The van der Waals surface area contributed by atoms with E-state index < -0.39 is 4.92 Å². The molecule has 1 aromatic rings. The number of hydrogen-bond acceptors (Lipinski definition) is 3. The van der Waals surface area contributed by atoms with Crippen LogP contribution in [0.3, 0.4) is 0 Å². The highest BCUT2D eigenvalue weighted by Crippen LogP contribution is 2.23. The molecule has 0 spiro atoms. The molecule has 0 aliphatic rings. The van der Waals surface area contributed by atoms with E-state index in [1.165, 1.54) is 11.0 Å². The third kappa shape index (κ3) is 3.29. The smallest absolute Gasteiger partial charge is 0.282 e. The van der Waals surface area contributed by atoms with E-state index in [2.05, 4.69) is 15.9 Å². The highest BCUT2D eigenvalue weighted by atomic mass is 79.9. The summed E-state index contributed by atoms with van der Waals surface area (Å²) in [5.41, 5.74) is 0.671. The lowest BCUT2D eigenvalue weighted by Gasteiger charge is -2.17. The van der Waals surface area contributed by atoms with Crippen molar-refractivity contribution in [3.05, 3.63) is 39.4 Å². The normalized spacial score (nSPS) is 10.2. The summed E-state index contributed by atoms with van der Waals surface area (Å²) in [5, 5.41) is 11.7. The predicted molar refractivity (Wildman–Crippen MR) is 73.2 cm³/mol. The molecule has 0 fully saturated rings. The molecule has 0 radical (unpaired) electrons. The molecule has 0 bridgehead atoms. The summed E-state index contributed by atoms with van der Waals surface area (Å²) in [6.07, 6.45) is 0.807. The summed E-state index contributed by atoms with van der Waals surface area (Å²) in [4.78, 5) is 24.1. The predicted octanol–water partition coefficient (Wildman–Crippen LogP) is 2.76. The largest absolute Gasteiger partial charge is 0.341 e. The molecule has 1 aromatic carbocycles. The Morgan fingerprint density at radius 3 is 2.72 bits per heavy atom. The number of aryl methyl sites for hydroxylation is 1. The maximum Gasteiger partial charge on any atom is 0.282 e. The minimum absolute atomic E-state index is 0.134. The van der Waals surface area contributed by atoms with Gasteiger partial charge in [0.2, 0.25) is 0 Å². The molecule has 0 aliphatic heterocycles. The highest BCUT2D eigenvalue weighted by molar-refractivity contribution is 9.09. The van der Waals surface area contributed by atoms with Crippen LogP contribution in [-0.4, -0.2) is 34.7 Å². The van der Waals surface area contributed by atoms with E-state index in [0.717, 1.165) is 11.8 Å². The topological polar surface area (TPSA) is 63.5 Å². The van der Waals surface area contributed by atoms with Crippen molar-refractivity contribution in [3.63, 3.8) is 0 Å². The molecule has 0 atom stereocenters. The molecule has 0 aromatic heterocycles. The van der Waals surface area contributed by atoms with Gasteiger partial charge in [-0.15, -0.1) is 0 Å². The average molecular weight is 315 g/mol. The number of nitro groups is 1. The lowest BCUT2D eigenvalue weighted by molar-refractivity contribution is -0.385. The van der Waals surface area contributed by atoms with Crippen molar-refractivity contribution in [2.75, 3.05) is 18.9 Å². The van der Waals surface area contributed by atoms with Gasteiger partial charge in [0.15, 0.2) is 0 Å². The van der Waals surface area contributed by atoms with Gasteiger partial charge in [0, 0.05) is 25.0 Å². The van der Waals surface area contributed by atoms with Gasteiger partial charge < -0.3 is 4.90 Å². The number of hydrogen-bond donors (Lipinski definition) is 0. The number of nitro benzene ring substituents is 1. The standard InChI is InChI=1S/C12H15BrN2O3/c1-9-5-3-6-10(15(17)18)11(9)12(16)14(2)8-4-7-13/h3,5-6H,4,7-8H2,1-2H3. The van der Waals surface area contributed by atoms with Gasteiger partial charge in [0.25, 0.3) is 11.6 Å². The van der Waals surface area contributed by atoms with Crippen molar-refractivity contribution in [2.24, 2.45) is 0 Å². The summed E-state index contributed by atoms with van der Waals surface area (Å²) >= 11 is 3.29. The molecule has 0 unspecified atom stereocenters. The van der Waals surface area contributed by atoms with Gasteiger partial charge in [-0.2, -0.15) is 0 Å². The molecule has 1 amide bonds. The molecule has 0 N–H and O–H groups in total. The van der Waals surface area contributed by atoms with Crippen LogP contribution in [-0.2, 0) is 0 Å². The first-order chi connectivity index (χ1) is 8.49. The molecular weight excluding hydrogens is 300 g/mol. The maximum atomic E-state index is 12.2. The Hall–Kier alpha value is -1.43. The van der Waals surface area contributed by atoms with Crippen molar-refractivity contribution in [1.82, 2.24) is 4.90 Å². The first-order valence-corrected chi connectivity index (χ1v) is 6.66. The molecule has 0 saturated heterocycles. The van der Waals surface area contributed by atoms with Crippen LogP contribution in [0, 0.1) is 17.0 Å². The third-order valence-electron chi connectivity index (χ3n) is 2.64. The van der Waals surface area contributed by atoms with E-state index in [-0.39, 0.29) is 17.2 Å². The number of carbonyl (C=O) groups excluding carboxylic acids is 1. The zero-order valence-electron chi connectivity index (χ0n) is 10.4. The van der Waals surface area contributed by atoms with Crippen LogP contribution in [0.2, 0.25) is 0 Å². The average Bonchev–Trinajstić information content (AvgIpc) is 2.34. The molecular formula is C12H15BrN2O3. The van der Waals surface area contributed by atoms with Crippen molar-refractivity contribution < 1.29 is 9.72 Å². The monoisotopic (exact) mass is 314 g/mol. The SMILES string of the molecule is Cc1cccc([N+](=O)[O-])c1C(=O)N(C)CCCBr. The highest BCUT2D eigenvalue weighted by Gasteiger charge is 2.24. The number of halogens is 1. The number of benzene rings is 1. The summed E-state index contributed by atoms with van der Waals surface area (Å²) in [5.74, 6) is -0.305. The van der Waals surface area contributed by atoms with Gasteiger partial charge in [-0.25, -0.2) is 0 Å². The van der Waals surface area contributed by atoms with Gasteiger partial charge in [0.05, 0.1) is 4.92 Å². The van der Waals surface area contributed by atoms with Crippen LogP contribution in [0.5, 0.6) is 0 Å². The zero-order chi connectivity index (χ0) is 13.7. The second-order valence-electron chi connectivity index (χ2n) is 4.00. The number of nitrogens with zero attached hydrogens (tertiary/aromatic N) is 2. The van der Waals surface area contributed by atoms with Crippen LogP contribution in [0.1, 0.15) is 22.3 Å². The Kier molecular flexibility index (Phi) is 5.27. The fourth-order valence-electron chi connectivity index (χ4n) is 1.67. The minimum Gasteiger partial charge on any atom is -0.341 e. The number of alkyl halides is 1. The fraction of sp³-hybridized carbons (Fsp3) is 0.417. The summed E-state index contributed by atoms with van der Waals surface area (Å²) in [7, 11) is 1.65. The van der Waals surface area contributed by atoms with Crippen LogP contribution in [0.25, 0.3) is 0 Å². The van der Waals surface area contributed by atoms with Crippen molar-refractivity contribution in [3.8, 4) is 0 Å². The van der Waals surface area contributed by atoms with E-state index in [9.17, 15) is 14.9 Å². The third-order valence-corrected chi connectivity index (χ3v) is 3.20. The molecule has 1 rings (SSSR count). The second kappa shape index (κ2) is 6.49. The van der Waals surface area contributed by atoms with Gasteiger partial charge >= 0.3 is 0 Å². The lowest BCUT2D eigenvalue weighted by atomic mass is 10.1. The summed E-state index contributed by atoms with van der Waals surface area (Å²) in [6, 6.07) is 4.65. The first kappa shape index (κ1) is 14.6. The number of amides is 1. The van der Waals surface area contributed by atoms with E-state index >= 15 is 0 Å². The number of carbonyl (C=O) groups is 1. The Balaban J connectivity index is 3.08. The first-order valence-electron chi connectivity index (χ1n) is 5.54. The molecule has 0 heterocycles. The maximum absolute atomic E-state index is 12.2. The number of rotatable bonds is 5. The molecule has 18 heavy (non-hydrogen) atoms.